The Morgan fingerprint density at radius 3 is 2.29 bits per heavy atom. The van der Waals surface area contributed by atoms with E-state index in [1.165, 1.54) is 4.31 Å². The monoisotopic (exact) mass is 506 g/mol. The first-order valence-electron chi connectivity index (χ1n) is 11.7. The number of sulfonamides is 1. The molecule has 186 valence electrons. The Bertz CT molecular complexity index is 1110. The van der Waals surface area contributed by atoms with E-state index in [9.17, 15) is 13.2 Å². The van der Waals surface area contributed by atoms with Crippen LogP contribution < -0.4 is 10.1 Å². The number of hydrogen-bond acceptors (Lipinski definition) is 4. The number of ether oxygens (including phenoxy) is 1. The molecule has 1 amide bonds. The highest BCUT2D eigenvalue weighted by molar-refractivity contribution is 7.88. The minimum Gasteiger partial charge on any atom is -0.496 e. The highest BCUT2D eigenvalue weighted by Crippen LogP contribution is 2.32. The molecule has 0 saturated carbocycles. The SMILES string of the molecule is COc1cc(C)c([C@H](C)NC(=O)C2CCN(S(=O)(=O)Cc3ccc(Cl)cc3)CC2)cc1C(C)C. The van der Waals surface area contributed by atoms with E-state index in [0.717, 1.165) is 22.4 Å². The summed E-state index contributed by atoms with van der Waals surface area (Å²) in [7, 11) is -1.77. The van der Waals surface area contributed by atoms with Crippen LogP contribution in [0.25, 0.3) is 0 Å². The van der Waals surface area contributed by atoms with E-state index >= 15 is 0 Å². The van der Waals surface area contributed by atoms with Gasteiger partial charge in [0, 0.05) is 24.0 Å². The number of hydrogen-bond donors (Lipinski definition) is 1. The van der Waals surface area contributed by atoms with Crippen LogP contribution in [0.2, 0.25) is 5.02 Å². The van der Waals surface area contributed by atoms with Gasteiger partial charge in [0.1, 0.15) is 5.75 Å². The van der Waals surface area contributed by atoms with Crippen molar-refractivity contribution in [1.82, 2.24) is 9.62 Å². The Balaban J connectivity index is 1.60. The van der Waals surface area contributed by atoms with Crippen LogP contribution in [0.5, 0.6) is 5.75 Å². The number of rotatable bonds is 8. The van der Waals surface area contributed by atoms with Crippen LogP contribution in [0.15, 0.2) is 36.4 Å². The van der Waals surface area contributed by atoms with Crippen molar-refractivity contribution in [1.29, 1.82) is 0 Å². The molecule has 6 nitrogen and oxygen atoms in total. The number of methoxy groups -OCH3 is 1. The van der Waals surface area contributed by atoms with Crippen LogP contribution in [0.3, 0.4) is 0 Å². The molecule has 0 spiro atoms. The predicted molar refractivity (Wildman–Crippen MR) is 137 cm³/mol. The Morgan fingerprint density at radius 2 is 1.74 bits per heavy atom. The maximum Gasteiger partial charge on any atom is 0.223 e. The lowest BCUT2D eigenvalue weighted by atomic mass is 9.92. The highest BCUT2D eigenvalue weighted by atomic mass is 35.5. The summed E-state index contributed by atoms with van der Waals surface area (Å²) in [6.07, 6.45) is 1.02. The Hall–Kier alpha value is -2.09. The maximum atomic E-state index is 13.0. The number of piperidine rings is 1. The van der Waals surface area contributed by atoms with Gasteiger partial charge in [-0.2, -0.15) is 0 Å². The smallest absolute Gasteiger partial charge is 0.223 e. The van der Waals surface area contributed by atoms with Crippen molar-refractivity contribution in [2.24, 2.45) is 5.92 Å². The van der Waals surface area contributed by atoms with E-state index in [0.29, 0.717) is 42.4 Å². The summed E-state index contributed by atoms with van der Waals surface area (Å²) in [6, 6.07) is 10.8. The summed E-state index contributed by atoms with van der Waals surface area (Å²) >= 11 is 5.89. The molecule has 3 rings (SSSR count). The topological polar surface area (TPSA) is 75.7 Å². The van der Waals surface area contributed by atoms with E-state index in [1.807, 2.05) is 19.9 Å². The van der Waals surface area contributed by atoms with Crippen molar-refractivity contribution in [2.45, 2.75) is 58.2 Å². The summed E-state index contributed by atoms with van der Waals surface area (Å²) < 4.78 is 32.7. The highest BCUT2D eigenvalue weighted by Gasteiger charge is 2.32. The average molecular weight is 507 g/mol. The second-order valence-electron chi connectivity index (χ2n) is 9.39. The molecule has 1 fully saturated rings. The van der Waals surface area contributed by atoms with Gasteiger partial charge in [0.2, 0.25) is 15.9 Å². The third kappa shape index (κ3) is 6.32. The number of carbonyl (C=O) groups is 1. The van der Waals surface area contributed by atoms with E-state index in [1.54, 1.807) is 31.4 Å². The molecule has 0 bridgehead atoms. The molecule has 1 N–H and O–H groups in total. The van der Waals surface area contributed by atoms with Crippen LogP contribution >= 0.6 is 11.6 Å². The molecular formula is C26H35ClN2O4S. The molecule has 1 atom stereocenters. The lowest BCUT2D eigenvalue weighted by Gasteiger charge is -2.31. The summed E-state index contributed by atoms with van der Waals surface area (Å²) in [4.78, 5) is 13.0. The van der Waals surface area contributed by atoms with E-state index < -0.39 is 10.0 Å². The first kappa shape index (κ1) is 26.5. The summed E-state index contributed by atoms with van der Waals surface area (Å²) in [5.74, 6) is 0.877. The second kappa shape index (κ2) is 11.1. The van der Waals surface area contributed by atoms with Crippen LogP contribution in [0.1, 0.15) is 67.8 Å². The number of amides is 1. The largest absolute Gasteiger partial charge is 0.496 e. The lowest BCUT2D eigenvalue weighted by Crippen LogP contribution is -2.43. The number of carbonyl (C=O) groups excluding carboxylic acids is 1. The van der Waals surface area contributed by atoms with Crippen LogP contribution in [-0.4, -0.2) is 38.8 Å². The quantitative estimate of drug-likeness (QED) is 0.534. The zero-order valence-electron chi connectivity index (χ0n) is 20.6. The molecule has 1 aliphatic rings. The fourth-order valence-corrected chi connectivity index (χ4v) is 6.19. The molecule has 0 unspecified atom stereocenters. The second-order valence-corrected chi connectivity index (χ2v) is 11.8. The van der Waals surface area contributed by atoms with Gasteiger partial charge >= 0.3 is 0 Å². The lowest BCUT2D eigenvalue weighted by molar-refractivity contribution is -0.126. The van der Waals surface area contributed by atoms with Crippen molar-refractivity contribution in [3.05, 3.63) is 63.7 Å². The van der Waals surface area contributed by atoms with Gasteiger partial charge in [-0.15, -0.1) is 0 Å². The molecule has 0 radical (unpaired) electrons. The summed E-state index contributed by atoms with van der Waals surface area (Å²) in [5.41, 5.74) is 3.95. The van der Waals surface area contributed by atoms with Gasteiger partial charge in [0.15, 0.2) is 0 Å². The molecule has 34 heavy (non-hydrogen) atoms. The number of halogens is 1. The normalized spacial score (nSPS) is 16.4. The fraction of sp³-hybridized carbons (Fsp3) is 0.500. The molecular weight excluding hydrogens is 472 g/mol. The molecule has 2 aromatic rings. The zero-order valence-corrected chi connectivity index (χ0v) is 22.2. The van der Waals surface area contributed by atoms with E-state index in [4.69, 9.17) is 16.3 Å². The number of benzene rings is 2. The van der Waals surface area contributed by atoms with Gasteiger partial charge in [0.25, 0.3) is 0 Å². The van der Waals surface area contributed by atoms with Crippen molar-refractivity contribution in [3.63, 3.8) is 0 Å². The van der Waals surface area contributed by atoms with Crippen molar-refractivity contribution < 1.29 is 17.9 Å². The van der Waals surface area contributed by atoms with Crippen LogP contribution in [-0.2, 0) is 20.6 Å². The van der Waals surface area contributed by atoms with Crippen LogP contribution in [0, 0.1) is 12.8 Å². The van der Waals surface area contributed by atoms with Crippen molar-refractivity contribution in [3.8, 4) is 5.75 Å². The number of aryl methyl sites for hydroxylation is 1. The number of nitrogens with one attached hydrogen (secondary N) is 1. The van der Waals surface area contributed by atoms with E-state index in [-0.39, 0.29) is 23.6 Å². The van der Waals surface area contributed by atoms with Gasteiger partial charge in [-0.05, 0) is 79.1 Å². The van der Waals surface area contributed by atoms with E-state index in [2.05, 4.69) is 25.2 Å². The third-order valence-electron chi connectivity index (χ3n) is 6.55. The van der Waals surface area contributed by atoms with Crippen molar-refractivity contribution >= 4 is 27.5 Å². The van der Waals surface area contributed by atoms with Gasteiger partial charge in [-0.25, -0.2) is 12.7 Å². The van der Waals surface area contributed by atoms with Gasteiger partial charge in [-0.3, -0.25) is 4.79 Å². The minimum atomic E-state index is -3.44. The molecule has 0 aromatic heterocycles. The standard InChI is InChI=1S/C26H35ClN2O4S/c1-17(2)23-15-24(18(3)14-25(23)33-5)19(4)28-26(30)21-10-12-29(13-11-21)34(31,32)16-20-6-8-22(27)9-7-20/h6-9,14-15,17,19,21H,10-13,16H2,1-5H3,(H,28,30)/t19-/m0/s1. The van der Waals surface area contributed by atoms with Gasteiger partial charge in [0.05, 0.1) is 18.9 Å². The summed E-state index contributed by atoms with van der Waals surface area (Å²) in [5, 5.41) is 3.73. The first-order valence-corrected chi connectivity index (χ1v) is 13.7. The van der Waals surface area contributed by atoms with Gasteiger partial charge < -0.3 is 10.1 Å². The zero-order chi connectivity index (χ0) is 25.0. The molecule has 0 aliphatic carbocycles. The average Bonchev–Trinajstić information content (AvgIpc) is 2.79. The fourth-order valence-electron chi connectivity index (χ4n) is 4.50. The Labute approximate surface area is 208 Å². The van der Waals surface area contributed by atoms with Crippen molar-refractivity contribution in [2.75, 3.05) is 20.2 Å². The molecule has 8 heteroatoms. The molecule has 2 aromatic carbocycles. The maximum absolute atomic E-state index is 13.0. The summed E-state index contributed by atoms with van der Waals surface area (Å²) in [6.45, 7) is 8.95. The Kier molecular flexibility index (Phi) is 8.66. The van der Waals surface area contributed by atoms with Gasteiger partial charge in [-0.1, -0.05) is 37.6 Å². The molecule has 1 aliphatic heterocycles. The third-order valence-corrected chi connectivity index (χ3v) is 8.65. The Morgan fingerprint density at radius 1 is 1.12 bits per heavy atom. The predicted octanol–water partition coefficient (Wildman–Crippen LogP) is 5.20. The molecule has 1 saturated heterocycles. The molecule has 1 heterocycles. The minimum absolute atomic E-state index is 0.0245. The van der Waals surface area contributed by atoms with Crippen LogP contribution in [0.4, 0.5) is 0 Å². The number of nitrogens with zero attached hydrogens (tertiary/aromatic N) is 1. The first-order chi connectivity index (χ1) is 16.0.